The number of hydrogen-bond donors (Lipinski definition) is 0. The first-order chi connectivity index (χ1) is 15.9. The molecule has 3 aromatic carbocycles. The van der Waals surface area contributed by atoms with Crippen LogP contribution in [0, 0.1) is 0 Å². The van der Waals surface area contributed by atoms with Crippen molar-refractivity contribution in [2.75, 3.05) is 27.9 Å². The fourth-order valence-electron chi connectivity index (χ4n) is 4.16. The standard InChI is InChI=1S/C25H24O7S/c1-29-17-9-11-20(22(15-17)31-3)24(26)25(33(27,28)19-7-5-4-6-8-19)13-14-32-23-16-18(30-2)10-12-21(23)25/h4-12,15-16H,13-14H2,1-3H3. The number of carbonyl (C=O) groups is 1. The zero-order valence-electron chi connectivity index (χ0n) is 18.5. The number of ketones is 1. The molecule has 8 heteroatoms. The maximum Gasteiger partial charge on any atom is 0.196 e. The first kappa shape index (κ1) is 22.7. The average Bonchev–Trinajstić information content (AvgIpc) is 2.87. The first-order valence-corrected chi connectivity index (χ1v) is 11.7. The fraction of sp³-hybridized carbons (Fsp3) is 0.240. The molecule has 0 bridgehead atoms. The van der Waals surface area contributed by atoms with E-state index in [-0.39, 0.29) is 34.8 Å². The summed E-state index contributed by atoms with van der Waals surface area (Å²) in [5.41, 5.74) is 0.405. The van der Waals surface area contributed by atoms with Crippen molar-refractivity contribution < 1.29 is 32.2 Å². The van der Waals surface area contributed by atoms with Gasteiger partial charge in [0.2, 0.25) is 0 Å². The van der Waals surface area contributed by atoms with E-state index in [0.29, 0.717) is 17.2 Å². The Hall–Kier alpha value is -3.52. The van der Waals surface area contributed by atoms with Gasteiger partial charge in [-0.3, -0.25) is 4.79 Å². The van der Waals surface area contributed by atoms with E-state index >= 15 is 0 Å². The molecule has 0 spiro atoms. The highest BCUT2D eigenvalue weighted by Gasteiger charge is 2.56. The van der Waals surface area contributed by atoms with Gasteiger partial charge in [0.05, 0.1) is 38.4 Å². The summed E-state index contributed by atoms with van der Waals surface area (Å²) in [5.74, 6) is 0.904. The molecule has 0 aliphatic carbocycles. The third kappa shape index (κ3) is 3.60. The number of benzene rings is 3. The molecule has 0 N–H and O–H groups in total. The lowest BCUT2D eigenvalue weighted by Crippen LogP contribution is -2.47. The molecule has 172 valence electrons. The molecule has 0 saturated heterocycles. The van der Waals surface area contributed by atoms with E-state index < -0.39 is 20.4 Å². The van der Waals surface area contributed by atoms with Crippen molar-refractivity contribution in [3.63, 3.8) is 0 Å². The van der Waals surface area contributed by atoms with Crippen LogP contribution in [0.15, 0.2) is 71.6 Å². The average molecular weight is 469 g/mol. The van der Waals surface area contributed by atoms with Gasteiger partial charge < -0.3 is 18.9 Å². The molecule has 0 amide bonds. The normalized spacial score (nSPS) is 17.4. The van der Waals surface area contributed by atoms with E-state index in [1.165, 1.54) is 39.5 Å². The van der Waals surface area contributed by atoms with Crippen LogP contribution in [-0.4, -0.2) is 42.1 Å². The highest BCUT2D eigenvalue weighted by atomic mass is 32.2. The lowest BCUT2D eigenvalue weighted by Gasteiger charge is -2.37. The second-order valence-corrected chi connectivity index (χ2v) is 9.67. The number of carbonyl (C=O) groups excluding carboxylic acids is 1. The number of ether oxygens (including phenoxy) is 4. The summed E-state index contributed by atoms with van der Waals surface area (Å²) in [6, 6.07) is 17.5. The van der Waals surface area contributed by atoms with Gasteiger partial charge in [0.1, 0.15) is 23.0 Å². The van der Waals surface area contributed by atoms with Gasteiger partial charge in [0.15, 0.2) is 20.4 Å². The number of fused-ring (bicyclic) bond motifs is 1. The smallest absolute Gasteiger partial charge is 0.196 e. The Morgan fingerprint density at radius 3 is 2.21 bits per heavy atom. The van der Waals surface area contributed by atoms with Crippen molar-refractivity contribution in [2.45, 2.75) is 16.1 Å². The Balaban J connectivity index is 2.02. The first-order valence-electron chi connectivity index (χ1n) is 10.3. The van der Waals surface area contributed by atoms with Crippen molar-refractivity contribution in [3.8, 4) is 23.0 Å². The minimum absolute atomic E-state index is 0.0381. The van der Waals surface area contributed by atoms with E-state index in [0.717, 1.165) is 0 Å². The summed E-state index contributed by atoms with van der Waals surface area (Å²) in [4.78, 5) is 14.3. The molecule has 3 aromatic rings. The quantitative estimate of drug-likeness (QED) is 0.484. The molecular weight excluding hydrogens is 444 g/mol. The van der Waals surface area contributed by atoms with Gasteiger partial charge in [-0.2, -0.15) is 0 Å². The van der Waals surface area contributed by atoms with Crippen molar-refractivity contribution in [2.24, 2.45) is 0 Å². The summed E-state index contributed by atoms with van der Waals surface area (Å²) in [5, 5.41) is 0. The predicted octanol–water partition coefficient (Wildman–Crippen LogP) is 4.05. The van der Waals surface area contributed by atoms with Gasteiger partial charge >= 0.3 is 0 Å². The molecule has 1 atom stereocenters. The molecule has 7 nitrogen and oxygen atoms in total. The largest absolute Gasteiger partial charge is 0.497 e. The Morgan fingerprint density at radius 1 is 0.879 bits per heavy atom. The predicted molar refractivity (Wildman–Crippen MR) is 122 cm³/mol. The van der Waals surface area contributed by atoms with E-state index in [1.54, 1.807) is 48.5 Å². The molecule has 0 aromatic heterocycles. The Kier molecular flexibility index (Phi) is 6.03. The van der Waals surface area contributed by atoms with Crippen LogP contribution in [0.1, 0.15) is 22.3 Å². The number of hydrogen-bond acceptors (Lipinski definition) is 7. The minimum Gasteiger partial charge on any atom is -0.497 e. The maximum absolute atomic E-state index is 14.3. The van der Waals surface area contributed by atoms with Crippen molar-refractivity contribution >= 4 is 15.6 Å². The fourth-order valence-corrected chi connectivity index (χ4v) is 6.25. The second kappa shape index (κ2) is 8.78. The number of sulfone groups is 1. The highest BCUT2D eigenvalue weighted by Crippen LogP contribution is 2.49. The SMILES string of the molecule is COc1ccc(C(=O)C2(S(=O)(=O)c3ccccc3)CCOc3cc(OC)ccc32)c(OC)c1. The number of methoxy groups -OCH3 is 3. The molecule has 0 fully saturated rings. The molecule has 1 aliphatic heterocycles. The van der Waals surface area contributed by atoms with Gasteiger partial charge in [-0.05, 0) is 36.4 Å². The number of rotatable bonds is 7. The third-order valence-corrected chi connectivity index (χ3v) is 8.29. The van der Waals surface area contributed by atoms with Crippen LogP contribution in [0.2, 0.25) is 0 Å². The molecule has 1 aliphatic rings. The maximum atomic E-state index is 14.3. The molecule has 1 heterocycles. The molecule has 1 unspecified atom stereocenters. The van der Waals surface area contributed by atoms with E-state index in [2.05, 4.69) is 0 Å². The van der Waals surface area contributed by atoms with Gasteiger partial charge in [-0.1, -0.05) is 18.2 Å². The van der Waals surface area contributed by atoms with Gasteiger partial charge in [-0.15, -0.1) is 0 Å². The van der Waals surface area contributed by atoms with Gasteiger partial charge in [-0.25, -0.2) is 8.42 Å². The monoisotopic (exact) mass is 468 g/mol. The molecule has 33 heavy (non-hydrogen) atoms. The Morgan fingerprint density at radius 2 is 1.55 bits per heavy atom. The van der Waals surface area contributed by atoms with Gasteiger partial charge in [0.25, 0.3) is 0 Å². The van der Waals surface area contributed by atoms with Crippen LogP contribution in [0.4, 0.5) is 0 Å². The second-order valence-electron chi connectivity index (χ2n) is 7.50. The molecule has 0 saturated carbocycles. The topological polar surface area (TPSA) is 88.1 Å². The minimum atomic E-state index is -4.20. The van der Waals surface area contributed by atoms with E-state index in [9.17, 15) is 13.2 Å². The van der Waals surface area contributed by atoms with Gasteiger partial charge in [0, 0.05) is 24.1 Å². The summed E-state index contributed by atoms with van der Waals surface area (Å²) >= 11 is 0. The lowest BCUT2D eigenvalue weighted by atomic mass is 9.84. The molecule has 4 rings (SSSR count). The summed E-state index contributed by atoms with van der Waals surface area (Å²) in [6.45, 7) is 0.0381. The van der Waals surface area contributed by atoms with Crippen molar-refractivity contribution in [1.29, 1.82) is 0 Å². The van der Waals surface area contributed by atoms with Crippen LogP contribution in [0.5, 0.6) is 23.0 Å². The highest BCUT2D eigenvalue weighted by molar-refractivity contribution is 7.93. The lowest BCUT2D eigenvalue weighted by molar-refractivity contribution is 0.0898. The zero-order chi connectivity index (χ0) is 23.6. The van der Waals surface area contributed by atoms with E-state index in [4.69, 9.17) is 18.9 Å². The Labute approximate surface area is 192 Å². The summed E-state index contributed by atoms with van der Waals surface area (Å²) in [7, 11) is 0.227. The van der Waals surface area contributed by atoms with Crippen LogP contribution < -0.4 is 18.9 Å². The van der Waals surface area contributed by atoms with Crippen molar-refractivity contribution in [1.82, 2.24) is 0 Å². The van der Waals surface area contributed by atoms with Crippen molar-refractivity contribution in [3.05, 3.63) is 77.9 Å². The van der Waals surface area contributed by atoms with Crippen LogP contribution >= 0.6 is 0 Å². The molecular formula is C25H24O7S. The molecule has 0 radical (unpaired) electrons. The number of Topliss-reactive ketones (excluding diaryl/α,β-unsaturated/α-hetero) is 1. The summed E-state index contributed by atoms with van der Waals surface area (Å²) in [6.07, 6.45) is -0.0580. The Bertz CT molecular complexity index is 1290. The third-order valence-electron chi connectivity index (χ3n) is 5.87. The van der Waals surface area contributed by atoms with Crippen LogP contribution in [0.3, 0.4) is 0 Å². The van der Waals surface area contributed by atoms with Crippen LogP contribution in [0.25, 0.3) is 0 Å². The van der Waals surface area contributed by atoms with Crippen LogP contribution in [-0.2, 0) is 14.6 Å². The zero-order valence-corrected chi connectivity index (χ0v) is 19.3. The summed E-state index contributed by atoms with van der Waals surface area (Å²) < 4.78 is 48.2. The van der Waals surface area contributed by atoms with E-state index in [1.807, 2.05) is 0 Å².